The Morgan fingerprint density at radius 3 is 3.12 bits per heavy atom. The molecule has 0 spiro atoms. The van der Waals surface area contributed by atoms with Gasteiger partial charge in [-0.3, -0.25) is 4.90 Å². The molecule has 2 rings (SSSR count). The minimum atomic E-state index is 0.668. The Labute approximate surface area is 97.1 Å². The van der Waals surface area contributed by atoms with Crippen LogP contribution in [0.3, 0.4) is 0 Å². The summed E-state index contributed by atoms with van der Waals surface area (Å²) < 4.78 is 0. The molecule has 1 aromatic heterocycles. The minimum Gasteiger partial charge on any atom is -0.313 e. The molecule has 0 aromatic carbocycles. The highest BCUT2D eigenvalue weighted by molar-refractivity contribution is 4.97. The number of nitrogens with zero attached hydrogens (tertiary/aromatic N) is 3. The molecular weight excluding hydrogens is 200 g/mol. The quantitative estimate of drug-likeness (QED) is 0.805. The Morgan fingerprint density at radius 1 is 1.56 bits per heavy atom. The zero-order valence-corrected chi connectivity index (χ0v) is 9.89. The summed E-state index contributed by atoms with van der Waals surface area (Å²) in [6.07, 6.45) is 6.05. The molecule has 0 amide bonds. The molecule has 1 aromatic rings. The number of hydrogen-bond acceptors (Lipinski definition) is 4. The summed E-state index contributed by atoms with van der Waals surface area (Å²) in [4.78, 5) is 10.6. The average Bonchev–Trinajstić information content (AvgIpc) is 2.82. The number of hydrogen-bond donors (Lipinski definition) is 1. The predicted octanol–water partition coefficient (Wildman–Crippen LogP) is 1.05. The van der Waals surface area contributed by atoms with Gasteiger partial charge >= 0.3 is 0 Å². The Bertz CT molecular complexity index is 295. The van der Waals surface area contributed by atoms with E-state index in [1.807, 2.05) is 12.3 Å². The first kappa shape index (κ1) is 11.5. The van der Waals surface area contributed by atoms with E-state index in [-0.39, 0.29) is 0 Å². The molecule has 88 valence electrons. The molecule has 2 heterocycles. The molecule has 16 heavy (non-hydrogen) atoms. The molecule has 1 saturated heterocycles. The van der Waals surface area contributed by atoms with Crippen LogP contribution in [-0.2, 0) is 6.54 Å². The third-order valence-electron chi connectivity index (χ3n) is 3.12. The Hall–Kier alpha value is -1.00. The molecule has 0 aliphatic carbocycles. The first-order valence-electron chi connectivity index (χ1n) is 6.09. The van der Waals surface area contributed by atoms with Crippen LogP contribution >= 0.6 is 0 Å². The smallest absolute Gasteiger partial charge is 0.115 e. The van der Waals surface area contributed by atoms with Crippen molar-refractivity contribution < 1.29 is 0 Å². The summed E-state index contributed by atoms with van der Waals surface area (Å²) in [7, 11) is 0. The predicted molar refractivity (Wildman–Crippen MR) is 64.0 cm³/mol. The van der Waals surface area contributed by atoms with Gasteiger partial charge in [-0.15, -0.1) is 0 Å². The van der Waals surface area contributed by atoms with E-state index in [1.165, 1.54) is 19.4 Å². The molecule has 0 bridgehead atoms. The fourth-order valence-electron chi connectivity index (χ4n) is 2.17. The number of rotatable bonds is 5. The number of likely N-dealkylation sites (N-methyl/N-ethyl adjacent to an activating group) is 1. The molecule has 0 saturated carbocycles. The average molecular weight is 220 g/mol. The second-order valence-corrected chi connectivity index (χ2v) is 4.32. The van der Waals surface area contributed by atoms with Crippen molar-refractivity contribution in [1.29, 1.82) is 0 Å². The van der Waals surface area contributed by atoms with Crippen LogP contribution in [0.1, 0.15) is 25.5 Å². The summed E-state index contributed by atoms with van der Waals surface area (Å²) in [6, 6.07) is 2.66. The lowest BCUT2D eigenvalue weighted by Gasteiger charge is -2.23. The largest absolute Gasteiger partial charge is 0.313 e. The molecule has 1 unspecified atom stereocenters. The highest BCUT2D eigenvalue weighted by Crippen LogP contribution is 2.08. The van der Waals surface area contributed by atoms with Gasteiger partial charge in [-0.05, 0) is 32.0 Å². The standard InChI is InChI=1S/C12H20N4/c1-2-16(8-11-4-3-6-14-11)9-12-5-7-13-10-15-12/h5,7,10-11,14H,2-4,6,8-9H2,1H3. The molecule has 4 heteroatoms. The Kier molecular flexibility index (Phi) is 4.25. The summed E-state index contributed by atoms with van der Waals surface area (Å²) in [6.45, 7) is 6.51. The van der Waals surface area contributed by atoms with Gasteiger partial charge in [-0.2, -0.15) is 0 Å². The molecular formula is C12H20N4. The highest BCUT2D eigenvalue weighted by atomic mass is 15.2. The van der Waals surface area contributed by atoms with Crippen LogP contribution in [0.25, 0.3) is 0 Å². The SMILES string of the molecule is CCN(Cc1ccncn1)CC1CCCN1. The van der Waals surface area contributed by atoms with Crippen LogP contribution in [0.15, 0.2) is 18.6 Å². The van der Waals surface area contributed by atoms with Gasteiger partial charge in [0, 0.05) is 25.3 Å². The van der Waals surface area contributed by atoms with Gasteiger partial charge in [0.1, 0.15) is 6.33 Å². The van der Waals surface area contributed by atoms with Gasteiger partial charge in [0.05, 0.1) is 5.69 Å². The fraction of sp³-hybridized carbons (Fsp3) is 0.667. The van der Waals surface area contributed by atoms with Gasteiger partial charge in [-0.25, -0.2) is 9.97 Å². The third kappa shape index (κ3) is 3.25. The fourth-order valence-corrected chi connectivity index (χ4v) is 2.17. The monoisotopic (exact) mass is 220 g/mol. The molecule has 1 aliphatic rings. The number of nitrogens with one attached hydrogen (secondary N) is 1. The lowest BCUT2D eigenvalue weighted by Crippen LogP contribution is -2.37. The molecule has 1 fully saturated rings. The van der Waals surface area contributed by atoms with Crippen molar-refractivity contribution in [2.45, 2.75) is 32.4 Å². The van der Waals surface area contributed by atoms with Crippen LogP contribution in [0.5, 0.6) is 0 Å². The van der Waals surface area contributed by atoms with Crippen LogP contribution in [0.4, 0.5) is 0 Å². The van der Waals surface area contributed by atoms with Gasteiger partial charge in [-0.1, -0.05) is 6.92 Å². The van der Waals surface area contributed by atoms with Gasteiger partial charge in [0.25, 0.3) is 0 Å². The Morgan fingerprint density at radius 2 is 2.50 bits per heavy atom. The number of aromatic nitrogens is 2. The van der Waals surface area contributed by atoms with Crippen molar-refractivity contribution in [3.8, 4) is 0 Å². The maximum absolute atomic E-state index is 4.27. The van der Waals surface area contributed by atoms with E-state index < -0.39 is 0 Å². The summed E-state index contributed by atoms with van der Waals surface area (Å²) in [5, 5.41) is 3.53. The van der Waals surface area contributed by atoms with Crippen molar-refractivity contribution in [2.24, 2.45) is 0 Å². The van der Waals surface area contributed by atoms with Crippen molar-refractivity contribution in [3.63, 3.8) is 0 Å². The van der Waals surface area contributed by atoms with Crippen molar-refractivity contribution in [1.82, 2.24) is 20.2 Å². The van der Waals surface area contributed by atoms with Crippen LogP contribution < -0.4 is 5.32 Å². The van der Waals surface area contributed by atoms with E-state index in [2.05, 4.69) is 27.1 Å². The first-order chi connectivity index (χ1) is 7.88. The van der Waals surface area contributed by atoms with Crippen molar-refractivity contribution in [3.05, 3.63) is 24.3 Å². The normalized spacial score (nSPS) is 20.5. The van der Waals surface area contributed by atoms with E-state index in [9.17, 15) is 0 Å². The van der Waals surface area contributed by atoms with Crippen LogP contribution in [-0.4, -0.2) is 40.5 Å². The van der Waals surface area contributed by atoms with Gasteiger partial charge < -0.3 is 5.32 Å². The topological polar surface area (TPSA) is 41.1 Å². The van der Waals surface area contributed by atoms with E-state index in [1.54, 1.807) is 6.33 Å². The molecule has 0 radical (unpaired) electrons. The van der Waals surface area contributed by atoms with Crippen LogP contribution in [0.2, 0.25) is 0 Å². The van der Waals surface area contributed by atoms with Crippen molar-refractivity contribution >= 4 is 0 Å². The summed E-state index contributed by atoms with van der Waals surface area (Å²) in [5.74, 6) is 0. The van der Waals surface area contributed by atoms with E-state index in [0.29, 0.717) is 6.04 Å². The third-order valence-corrected chi connectivity index (χ3v) is 3.12. The maximum Gasteiger partial charge on any atom is 0.115 e. The summed E-state index contributed by atoms with van der Waals surface area (Å²) in [5.41, 5.74) is 1.11. The molecule has 1 atom stereocenters. The summed E-state index contributed by atoms with van der Waals surface area (Å²) >= 11 is 0. The maximum atomic E-state index is 4.27. The zero-order valence-electron chi connectivity index (χ0n) is 9.89. The van der Waals surface area contributed by atoms with E-state index >= 15 is 0 Å². The second-order valence-electron chi connectivity index (χ2n) is 4.32. The van der Waals surface area contributed by atoms with E-state index in [4.69, 9.17) is 0 Å². The lowest BCUT2D eigenvalue weighted by atomic mass is 10.2. The van der Waals surface area contributed by atoms with Gasteiger partial charge in [0.2, 0.25) is 0 Å². The second kappa shape index (κ2) is 5.92. The highest BCUT2D eigenvalue weighted by Gasteiger charge is 2.17. The van der Waals surface area contributed by atoms with Crippen molar-refractivity contribution in [2.75, 3.05) is 19.6 Å². The van der Waals surface area contributed by atoms with Gasteiger partial charge in [0.15, 0.2) is 0 Å². The molecule has 1 N–H and O–H groups in total. The molecule has 4 nitrogen and oxygen atoms in total. The van der Waals surface area contributed by atoms with E-state index in [0.717, 1.165) is 25.3 Å². The zero-order chi connectivity index (χ0) is 11.2. The first-order valence-corrected chi connectivity index (χ1v) is 6.09. The molecule has 1 aliphatic heterocycles. The Balaban J connectivity index is 1.85. The van der Waals surface area contributed by atoms with Crippen LogP contribution in [0, 0.1) is 0 Å². The lowest BCUT2D eigenvalue weighted by molar-refractivity contribution is 0.250. The minimum absolute atomic E-state index is 0.668.